The highest BCUT2D eigenvalue weighted by molar-refractivity contribution is 7.99. The monoisotopic (exact) mass is 320 g/mol. The fourth-order valence-electron chi connectivity index (χ4n) is 2.80. The lowest BCUT2D eigenvalue weighted by Gasteiger charge is -2.30. The van der Waals surface area contributed by atoms with Crippen molar-refractivity contribution in [3.63, 3.8) is 0 Å². The van der Waals surface area contributed by atoms with Crippen LogP contribution in [0, 0.1) is 0 Å². The van der Waals surface area contributed by atoms with Crippen LogP contribution in [0.3, 0.4) is 0 Å². The summed E-state index contributed by atoms with van der Waals surface area (Å²) in [5.41, 5.74) is 1.67. The number of hydrogen-bond acceptors (Lipinski definition) is 3. The molecule has 1 aliphatic carbocycles. The summed E-state index contributed by atoms with van der Waals surface area (Å²) >= 11 is 1.85. The SMILES string of the molecule is CS[C@H]1CCCC[C@@H]1NC(=O)c1ccc(CNC(C)=O)cc1. The van der Waals surface area contributed by atoms with Crippen LogP contribution >= 0.6 is 11.8 Å². The maximum Gasteiger partial charge on any atom is 0.251 e. The summed E-state index contributed by atoms with van der Waals surface area (Å²) in [6, 6.07) is 7.69. The van der Waals surface area contributed by atoms with E-state index in [9.17, 15) is 9.59 Å². The predicted molar refractivity (Wildman–Crippen MR) is 91.0 cm³/mol. The topological polar surface area (TPSA) is 58.2 Å². The molecule has 22 heavy (non-hydrogen) atoms. The first kappa shape index (κ1) is 16.9. The lowest BCUT2D eigenvalue weighted by atomic mass is 9.94. The van der Waals surface area contributed by atoms with E-state index in [1.807, 2.05) is 36.0 Å². The maximum atomic E-state index is 12.4. The summed E-state index contributed by atoms with van der Waals surface area (Å²) in [4.78, 5) is 23.3. The first-order valence-corrected chi connectivity index (χ1v) is 9.06. The van der Waals surface area contributed by atoms with Crippen molar-refractivity contribution in [2.75, 3.05) is 6.26 Å². The van der Waals surface area contributed by atoms with Crippen molar-refractivity contribution in [3.8, 4) is 0 Å². The molecular formula is C17H24N2O2S. The summed E-state index contributed by atoms with van der Waals surface area (Å²) in [6.45, 7) is 1.99. The van der Waals surface area contributed by atoms with Crippen LogP contribution in [0.15, 0.2) is 24.3 Å². The molecule has 2 amide bonds. The van der Waals surface area contributed by atoms with Crippen LogP contribution in [0.5, 0.6) is 0 Å². The van der Waals surface area contributed by atoms with Gasteiger partial charge in [-0.15, -0.1) is 0 Å². The lowest BCUT2D eigenvalue weighted by Crippen LogP contribution is -2.43. The van der Waals surface area contributed by atoms with E-state index in [1.165, 1.54) is 26.2 Å². The third-order valence-corrected chi connectivity index (χ3v) is 5.25. The van der Waals surface area contributed by atoms with Crippen LogP contribution in [0.4, 0.5) is 0 Å². The first-order valence-electron chi connectivity index (χ1n) is 7.77. The van der Waals surface area contributed by atoms with Crippen LogP contribution in [0.25, 0.3) is 0 Å². The fraction of sp³-hybridized carbons (Fsp3) is 0.529. The molecule has 0 aromatic heterocycles. The summed E-state index contributed by atoms with van der Waals surface area (Å²) < 4.78 is 0. The minimum Gasteiger partial charge on any atom is -0.352 e. The van der Waals surface area contributed by atoms with Gasteiger partial charge in [0.15, 0.2) is 0 Å². The van der Waals surface area contributed by atoms with E-state index in [0.29, 0.717) is 17.4 Å². The van der Waals surface area contributed by atoms with Crippen LogP contribution in [0.1, 0.15) is 48.5 Å². The molecule has 1 fully saturated rings. The Morgan fingerprint density at radius 1 is 1.18 bits per heavy atom. The van der Waals surface area contributed by atoms with Crippen LogP contribution in [0.2, 0.25) is 0 Å². The minimum atomic E-state index is -0.0535. The van der Waals surface area contributed by atoms with Crippen LogP contribution in [-0.2, 0) is 11.3 Å². The summed E-state index contributed by atoms with van der Waals surface area (Å²) in [7, 11) is 0. The van der Waals surface area contributed by atoms with E-state index in [-0.39, 0.29) is 17.9 Å². The summed E-state index contributed by atoms with van der Waals surface area (Å²) in [5, 5.41) is 6.45. The quantitative estimate of drug-likeness (QED) is 0.877. The smallest absolute Gasteiger partial charge is 0.251 e. The molecule has 4 nitrogen and oxygen atoms in total. The molecule has 5 heteroatoms. The van der Waals surface area contributed by atoms with Gasteiger partial charge in [0.25, 0.3) is 5.91 Å². The molecule has 0 unspecified atom stereocenters. The third-order valence-electron chi connectivity index (χ3n) is 4.08. The zero-order valence-corrected chi connectivity index (χ0v) is 14.0. The number of nitrogens with one attached hydrogen (secondary N) is 2. The van der Waals surface area contributed by atoms with Crippen molar-refractivity contribution < 1.29 is 9.59 Å². The average Bonchev–Trinajstić information content (AvgIpc) is 2.54. The molecule has 2 atom stereocenters. The van der Waals surface area contributed by atoms with Gasteiger partial charge < -0.3 is 10.6 Å². The van der Waals surface area contributed by atoms with Gasteiger partial charge in [-0.25, -0.2) is 0 Å². The van der Waals surface area contributed by atoms with Gasteiger partial charge in [0, 0.05) is 30.3 Å². The van der Waals surface area contributed by atoms with Gasteiger partial charge in [-0.3, -0.25) is 9.59 Å². The minimum absolute atomic E-state index is 0.00275. The van der Waals surface area contributed by atoms with Crippen LogP contribution < -0.4 is 10.6 Å². The molecule has 0 radical (unpaired) electrons. The molecule has 0 heterocycles. The maximum absolute atomic E-state index is 12.4. The highest BCUT2D eigenvalue weighted by Gasteiger charge is 2.25. The average molecular weight is 320 g/mol. The predicted octanol–water partition coefficient (Wildman–Crippen LogP) is 2.73. The Morgan fingerprint density at radius 2 is 1.86 bits per heavy atom. The Bertz CT molecular complexity index is 516. The molecule has 0 saturated heterocycles. The largest absolute Gasteiger partial charge is 0.352 e. The van der Waals surface area contributed by atoms with E-state index in [1.54, 1.807) is 0 Å². The molecule has 2 N–H and O–H groups in total. The van der Waals surface area contributed by atoms with E-state index in [0.717, 1.165) is 12.0 Å². The van der Waals surface area contributed by atoms with Crippen molar-refractivity contribution in [1.82, 2.24) is 10.6 Å². The van der Waals surface area contributed by atoms with Crippen molar-refractivity contribution in [3.05, 3.63) is 35.4 Å². The second-order valence-corrected chi connectivity index (χ2v) is 6.82. The Labute approximate surface area is 136 Å². The van der Waals surface area contributed by atoms with Gasteiger partial charge in [-0.2, -0.15) is 11.8 Å². The normalized spacial score (nSPS) is 21.2. The number of benzene rings is 1. The molecule has 0 bridgehead atoms. The molecule has 0 spiro atoms. The van der Waals surface area contributed by atoms with Crippen molar-refractivity contribution in [1.29, 1.82) is 0 Å². The zero-order valence-electron chi connectivity index (χ0n) is 13.2. The Hall–Kier alpha value is -1.49. The second-order valence-electron chi connectivity index (χ2n) is 5.75. The number of thioether (sulfide) groups is 1. The zero-order chi connectivity index (χ0) is 15.9. The van der Waals surface area contributed by atoms with E-state index < -0.39 is 0 Å². The Balaban J connectivity index is 1.93. The van der Waals surface area contributed by atoms with Crippen molar-refractivity contribution in [2.45, 2.75) is 50.4 Å². The summed E-state index contributed by atoms with van der Waals surface area (Å²) in [6.07, 6.45) is 6.82. The number of carbonyl (C=O) groups is 2. The van der Waals surface area contributed by atoms with E-state index in [2.05, 4.69) is 16.9 Å². The first-order chi connectivity index (χ1) is 10.6. The number of carbonyl (C=O) groups excluding carboxylic acids is 2. The molecule has 120 valence electrons. The molecule has 1 aromatic carbocycles. The number of hydrogen-bond donors (Lipinski definition) is 2. The van der Waals surface area contributed by atoms with Gasteiger partial charge in [0.05, 0.1) is 0 Å². The van der Waals surface area contributed by atoms with Gasteiger partial charge in [0.1, 0.15) is 0 Å². The van der Waals surface area contributed by atoms with Crippen LogP contribution in [-0.4, -0.2) is 29.4 Å². The molecular weight excluding hydrogens is 296 g/mol. The lowest BCUT2D eigenvalue weighted by molar-refractivity contribution is -0.119. The highest BCUT2D eigenvalue weighted by Crippen LogP contribution is 2.27. The number of amides is 2. The van der Waals surface area contributed by atoms with Gasteiger partial charge in [-0.1, -0.05) is 25.0 Å². The fourth-order valence-corrected chi connectivity index (χ4v) is 3.73. The van der Waals surface area contributed by atoms with Gasteiger partial charge in [0.2, 0.25) is 5.91 Å². The Kier molecular flexibility index (Phi) is 6.31. The van der Waals surface area contributed by atoms with Crippen molar-refractivity contribution >= 4 is 23.6 Å². The summed E-state index contributed by atoms with van der Waals surface area (Å²) in [5.74, 6) is -0.0562. The van der Waals surface area contributed by atoms with Gasteiger partial charge >= 0.3 is 0 Å². The molecule has 1 saturated carbocycles. The second kappa shape index (κ2) is 8.22. The van der Waals surface area contributed by atoms with Crippen molar-refractivity contribution in [2.24, 2.45) is 0 Å². The molecule has 2 rings (SSSR count). The molecule has 1 aliphatic rings. The molecule has 1 aromatic rings. The van der Waals surface area contributed by atoms with E-state index in [4.69, 9.17) is 0 Å². The molecule has 0 aliphatic heterocycles. The Morgan fingerprint density at radius 3 is 2.50 bits per heavy atom. The highest BCUT2D eigenvalue weighted by atomic mass is 32.2. The number of rotatable bonds is 5. The standard InChI is InChI=1S/C17H24N2O2S/c1-12(20)18-11-13-7-9-14(10-8-13)17(21)19-15-5-3-4-6-16(15)22-2/h7-10,15-16H,3-6,11H2,1-2H3,(H,18,20)(H,19,21)/t15-,16-/m0/s1. The van der Waals surface area contributed by atoms with Gasteiger partial charge in [-0.05, 0) is 36.8 Å². The van der Waals surface area contributed by atoms with E-state index >= 15 is 0 Å². The third kappa shape index (κ3) is 4.77.